The van der Waals surface area contributed by atoms with Crippen LogP contribution in [0.1, 0.15) is 37.1 Å². The second-order valence-electron chi connectivity index (χ2n) is 5.96. The van der Waals surface area contributed by atoms with Gasteiger partial charge in [0.05, 0.1) is 6.04 Å². The number of rotatable bonds is 7. The number of urea groups is 1. The number of carbonyl (C=O) groups is 1. The number of aliphatic hydroxyl groups excluding tert-OH is 1. The van der Waals surface area contributed by atoms with Gasteiger partial charge in [0.1, 0.15) is 0 Å². The summed E-state index contributed by atoms with van der Waals surface area (Å²) in [6.07, 6.45) is 3.04. The molecular formula is C16H27N3O2S. The van der Waals surface area contributed by atoms with Crippen molar-refractivity contribution in [2.75, 3.05) is 32.8 Å². The number of nitrogens with zero attached hydrogens (tertiary/aromatic N) is 1. The van der Waals surface area contributed by atoms with E-state index in [2.05, 4.69) is 40.0 Å². The predicted octanol–water partition coefficient (Wildman–Crippen LogP) is 2.20. The Bertz CT molecular complexity index is 431. The molecule has 22 heavy (non-hydrogen) atoms. The van der Waals surface area contributed by atoms with Crippen LogP contribution in [0.5, 0.6) is 0 Å². The molecule has 1 atom stereocenters. The first-order valence-corrected chi connectivity index (χ1v) is 8.98. The molecule has 5 nitrogen and oxygen atoms in total. The van der Waals surface area contributed by atoms with Gasteiger partial charge in [-0.1, -0.05) is 13.0 Å². The molecule has 2 rings (SSSR count). The van der Waals surface area contributed by atoms with Crippen LogP contribution in [0.2, 0.25) is 0 Å². The van der Waals surface area contributed by atoms with E-state index >= 15 is 0 Å². The second kappa shape index (κ2) is 9.12. The molecule has 0 radical (unpaired) electrons. The number of likely N-dealkylation sites (tertiary alicyclic amines) is 1. The monoisotopic (exact) mass is 325 g/mol. The molecule has 0 aromatic carbocycles. The molecule has 6 heteroatoms. The minimum Gasteiger partial charge on any atom is -0.396 e. The SMILES string of the molecule is CC1CCN([C@@H](CNC(=O)NCCCO)c2cccs2)CC1. The van der Waals surface area contributed by atoms with Gasteiger partial charge in [-0.15, -0.1) is 11.3 Å². The highest BCUT2D eigenvalue weighted by Crippen LogP contribution is 2.28. The molecule has 124 valence electrons. The summed E-state index contributed by atoms with van der Waals surface area (Å²) in [7, 11) is 0. The van der Waals surface area contributed by atoms with E-state index in [1.165, 1.54) is 17.7 Å². The minimum atomic E-state index is -0.152. The predicted molar refractivity (Wildman–Crippen MR) is 90.1 cm³/mol. The molecule has 1 aliphatic heterocycles. The van der Waals surface area contributed by atoms with Crippen LogP contribution in [0.3, 0.4) is 0 Å². The third-order valence-corrected chi connectivity index (χ3v) is 5.18. The van der Waals surface area contributed by atoms with Crippen molar-refractivity contribution in [3.8, 4) is 0 Å². The maximum Gasteiger partial charge on any atom is 0.314 e. The minimum absolute atomic E-state index is 0.101. The Kier molecular flexibility index (Phi) is 7.15. The lowest BCUT2D eigenvalue weighted by atomic mass is 9.97. The van der Waals surface area contributed by atoms with E-state index in [0.29, 0.717) is 19.5 Å². The topological polar surface area (TPSA) is 64.6 Å². The molecule has 0 unspecified atom stereocenters. The summed E-state index contributed by atoms with van der Waals surface area (Å²) < 4.78 is 0. The standard InChI is InChI=1S/C16H27N3O2S/c1-13-5-8-19(9-6-13)14(15-4-2-11-22-15)12-18-16(21)17-7-3-10-20/h2,4,11,13-14,20H,3,5-10,12H2,1H3,(H2,17,18,21)/t14-/m0/s1. The summed E-state index contributed by atoms with van der Waals surface area (Å²) in [5, 5.41) is 16.6. The lowest BCUT2D eigenvalue weighted by Crippen LogP contribution is -2.44. The van der Waals surface area contributed by atoms with Crippen molar-refractivity contribution in [2.45, 2.75) is 32.2 Å². The summed E-state index contributed by atoms with van der Waals surface area (Å²) >= 11 is 1.75. The number of aliphatic hydroxyl groups is 1. The largest absolute Gasteiger partial charge is 0.396 e. The van der Waals surface area contributed by atoms with Crippen LogP contribution >= 0.6 is 11.3 Å². The molecule has 1 aromatic heterocycles. The molecule has 0 bridgehead atoms. The van der Waals surface area contributed by atoms with Crippen molar-refractivity contribution in [3.63, 3.8) is 0 Å². The molecule has 0 spiro atoms. The zero-order valence-corrected chi connectivity index (χ0v) is 14.1. The van der Waals surface area contributed by atoms with Crippen molar-refractivity contribution < 1.29 is 9.90 Å². The highest BCUT2D eigenvalue weighted by Gasteiger charge is 2.25. The van der Waals surface area contributed by atoms with Crippen molar-refractivity contribution in [2.24, 2.45) is 5.92 Å². The van der Waals surface area contributed by atoms with E-state index in [9.17, 15) is 4.79 Å². The number of hydrogen-bond donors (Lipinski definition) is 3. The van der Waals surface area contributed by atoms with Gasteiger partial charge in [0, 0.05) is 24.6 Å². The Balaban J connectivity index is 1.87. The zero-order valence-electron chi connectivity index (χ0n) is 13.3. The fourth-order valence-electron chi connectivity index (χ4n) is 2.76. The normalized spacial score (nSPS) is 18.1. The summed E-state index contributed by atoms with van der Waals surface area (Å²) in [4.78, 5) is 15.6. The van der Waals surface area contributed by atoms with Crippen LogP contribution in [-0.2, 0) is 0 Å². The van der Waals surface area contributed by atoms with Gasteiger partial charge in [0.25, 0.3) is 0 Å². The van der Waals surface area contributed by atoms with Crippen LogP contribution in [-0.4, -0.2) is 48.8 Å². The molecule has 0 aliphatic carbocycles. The Hall–Kier alpha value is -1.11. The van der Waals surface area contributed by atoms with Crippen molar-refractivity contribution >= 4 is 17.4 Å². The number of amides is 2. The van der Waals surface area contributed by atoms with E-state index in [1.54, 1.807) is 11.3 Å². The first-order chi connectivity index (χ1) is 10.7. The van der Waals surface area contributed by atoms with Crippen LogP contribution in [0.25, 0.3) is 0 Å². The van der Waals surface area contributed by atoms with Gasteiger partial charge in [-0.05, 0) is 49.7 Å². The van der Waals surface area contributed by atoms with Gasteiger partial charge in [-0.2, -0.15) is 0 Å². The Morgan fingerprint density at radius 2 is 2.23 bits per heavy atom. The average Bonchev–Trinajstić information content (AvgIpc) is 3.04. The van der Waals surface area contributed by atoms with E-state index in [4.69, 9.17) is 5.11 Å². The summed E-state index contributed by atoms with van der Waals surface area (Å²) in [5.41, 5.74) is 0. The van der Waals surface area contributed by atoms with E-state index in [0.717, 1.165) is 19.0 Å². The van der Waals surface area contributed by atoms with Crippen LogP contribution in [0.4, 0.5) is 4.79 Å². The Labute approximate surface area is 136 Å². The first kappa shape index (κ1) is 17.2. The molecule has 1 aromatic rings. The second-order valence-corrected chi connectivity index (χ2v) is 6.94. The lowest BCUT2D eigenvalue weighted by molar-refractivity contribution is 0.138. The fraction of sp³-hybridized carbons (Fsp3) is 0.688. The zero-order chi connectivity index (χ0) is 15.8. The van der Waals surface area contributed by atoms with Crippen LogP contribution < -0.4 is 10.6 Å². The van der Waals surface area contributed by atoms with E-state index < -0.39 is 0 Å². The van der Waals surface area contributed by atoms with E-state index in [-0.39, 0.29) is 18.7 Å². The van der Waals surface area contributed by atoms with E-state index in [1.807, 2.05) is 0 Å². The lowest BCUT2D eigenvalue weighted by Gasteiger charge is -2.36. The fourth-order valence-corrected chi connectivity index (χ4v) is 3.62. The smallest absolute Gasteiger partial charge is 0.314 e. The van der Waals surface area contributed by atoms with Gasteiger partial charge < -0.3 is 15.7 Å². The number of hydrogen-bond acceptors (Lipinski definition) is 4. The number of piperidine rings is 1. The molecule has 1 fully saturated rings. The van der Waals surface area contributed by atoms with Gasteiger partial charge in [0.2, 0.25) is 0 Å². The van der Waals surface area contributed by atoms with Crippen LogP contribution in [0.15, 0.2) is 17.5 Å². The van der Waals surface area contributed by atoms with Crippen LogP contribution in [0, 0.1) is 5.92 Å². The van der Waals surface area contributed by atoms with Crippen molar-refractivity contribution in [1.29, 1.82) is 0 Å². The molecular weight excluding hydrogens is 298 g/mol. The van der Waals surface area contributed by atoms with Gasteiger partial charge in [-0.3, -0.25) is 4.90 Å². The summed E-state index contributed by atoms with van der Waals surface area (Å²) in [6.45, 7) is 5.73. The van der Waals surface area contributed by atoms with Gasteiger partial charge in [-0.25, -0.2) is 4.79 Å². The highest BCUT2D eigenvalue weighted by atomic mass is 32.1. The Morgan fingerprint density at radius 1 is 1.45 bits per heavy atom. The molecule has 2 heterocycles. The third-order valence-electron chi connectivity index (χ3n) is 4.21. The number of nitrogens with one attached hydrogen (secondary N) is 2. The van der Waals surface area contributed by atoms with Crippen molar-refractivity contribution in [1.82, 2.24) is 15.5 Å². The average molecular weight is 325 g/mol. The molecule has 1 saturated heterocycles. The number of carbonyl (C=O) groups excluding carboxylic acids is 1. The first-order valence-electron chi connectivity index (χ1n) is 8.10. The maximum atomic E-state index is 11.8. The molecule has 3 N–H and O–H groups in total. The summed E-state index contributed by atoms with van der Waals surface area (Å²) in [6, 6.07) is 4.33. The highest BCUT2D eigenvalue weighted by molar-refractivity contribution is 7.10. The third kappa shape index (κ3) is 5.26. The van der Waals surface area contributed by atoms with Gasteiger partial charge >= 0.3 is 6.03 Å². The Morgan fingerprint density at radius 3 is 2.86 bits per heavy atom. The quantitative estimate of drug-likeness (QED) is 0.674. The van der Waals surface area contributed by atoms with Gasteiger partial charge in [0.15, 0.2) is 0 Å². The molecule has 2 amide bonds. The van der Waals surface area contributed by atoms with Crippen molar-refractivity contribution in [3.05, 3.63) is 22.4 Å². The molecule has 0 saturated carbocycles. The number of thiophene rings is 1. The summed E-state index contributed by atoms with van der Waals surface area (Å²) in [5.74, 6) is 0.801. The molecule has 1 aliphatic rings. The maximum absolute atomic E-state index is 11.8.